The molecule has 0 saturated heterocycles. The molecule has 3 atom stereocenters. The van der Waals surface area contributed by atoms with Crippen LogP contribution in [0.25, 0.3) is 177 Å². The van der Waals surface area contributed by atoms with Crippen LogP contribution < -0.4 is 46.4 Å². The number of benzene rings is 16. The fraction of sp³-hybridized carbons (Fsp3) is 0.0382. The van der Waals surface area contributed by atoms with E-state index in [4.69, 9.17) is 18.9 Å². The van der Waals surface area contributed by atoms with Crippen LogP contribution in [0.3, 0.4) is 0 Å². The third-order valence-corrected chi connectivity index (χ3v) is 35.8. The Balaban J connectivity index is 0.0000000881. The number of fused-ring (bicyclic) bond motifs is 22. The van der Waals surface area contributed by atoms with Gasteiger partial charge in [-0.1, -0.05) is 194 Å². The van der Waals surface area contributed by atoms with Crippen LogP contribution in [-0.2, 0) is 27.8 Å². The van der Waals surface area contributed by atoms with Crippen molar-refractivity contribution in [1.82, 2.24) is 27.4 Å². The van der Waals surface area contributed by atoms with Crippen molar-refractivity contribution in [3.63, 3.8) is 0 Å². The van der Waals surface area contributed by atoms with Crippen molar-refractivity contribution in [2.75, 3.05) is 0 Å². The molecule has 24 heterocycles. The van der Waals surface area contributed by atoms with Crippen molar-refractivity contribution in [3.8, 4) is 91.6 Å². The highest BCUT2D eigenvalue weighted by Gasteiger charge is 2.72. The lowest BCUT2D eigenvalue weighted by molar-refractivity contribution is -0.961. The molecule has 0 bridgehead atoms. The first kappa shape index (κ1) is 74.4. The average Bonchev–Trinajstić information content (AvgIpc) is 1.67. The second kappa shape index (κ2) is 24.6. The third kappa shape index (κ3) is 7.63. The lowest BCUT2D eigenvalue weighted by Gasteiger charge is -2.44. The molecule has 3 unspecified atom stereocenters. The van der Waals surface area contributed by atoms with Crippen LogP contribution in [0, 0.1) is 0 Å². The zero-order valence-corrected chi connectivity index (χ0v) is 78.1. The van der Waals surface area contributed by atoms with Gasteiger partial charge in [0.15, 0.2) is 27.8 Å². The number of ether oxygens (including phenoxy) is 4. The Hall–Kier alpha value is -19.6. The maximum atomic E-state index is 7.07. The van der Waals surface area contributed by atoms with Crippen molar-refractivity contribution in [2.45, 2.75) is 27.8 Å². The number of rotatable bonds is 2. The molecule has 147 heavy (non-hydrogen) atoms. The molecular formula is C131H72N12O4+6. The smallest absolute Gasteiger partial charge is 0.335 e. The zero-order valence-electron chi connectivity index (χ0n) is 78.1. The standard InChI is InChI=1S/C48H26N4O.C48H28N4O.C35H18N4O2/c1-4-16-33-27(11-1)28-12-2-5-17-34(28)47(33)35-18-7-14-30-31-23-24-40-42-44(31)52(43(30)35)46-36(47)19-10-26-50(46)48(42)41-38(21-8-22-39(41)53-40)51-37-20-6-3-13-29(37)32-15-9-25-49(48)45(32)51;1-3-13-29(14-4-1)47(30-15-5-2-6-16-30)35-20-9-18-32-33-25-26-40-42-44(33)52(43(32)35)46-36(47)21-12-28-50(46)48(42)41-38(23-10-24-39(41)53-40)51-37-22-8-7-17-31(37)34-19-11-27-49(48)45(34)51;1-2-10-23-19(7-1)22-9-5-17-36-33(22)38(23)24-11-4-12-25-29(24)35(36)30-26(40-25)16-15-21-20-8-3-13-27-31(20)39(32(21)30)34-28(41-27)14-6-18-37(34)35/h1-26H;1-28H;1-18H/q3*+2. The monoisotopic (exact) mass is 1880 g/mol. The molecule has 16 heteroatoms. The number of para-hydroxylation sites is 6. The molecule has 0 N–H and O–H groups in total. The molecule has 12 aliphatic heterocycles. The van der Waals surface area contributed by atoms with Gasteiger partial charge in [0.2, 0.25) is 5.75 Å². The highest BCUT2D eigenvalue weighted by molar-refractivity contribution is 6.19. The molecule has 4 spiro atoms. The van der Waals surface area contributed by atoms with Crippen LogP contribution in [0.15, 0.2) is 438 Å². The minimum atomic E-state index is -0.796. The van der Waals surface area contributed by atoms with Gasteiger partial charge in [-0.3, -0.25) is 0 Å². The minimum absolute atomic E-state index is 0.514. The summed E-state index contributed by atoms with van der Waals surface area (Å²) >= 11 is 0. The van der Waals surface area contributed by atoms with Crippen molar-refractivity contribution < 1.29 is 46.4 Å². The highest BCUT2D eigenvalue weighted by Crippen LogP contribution is 2.68. The Bertz CT molecular complexity index is 10900. The van der Waals surface area contributed by atoms with E-state index in [0.717, 1.165) is 102 Å². The molecule has 16 aromatic carbocycles. The predicted octanol–water partition coefficient (Wildman–Crippen LogP) is 24.9. The molecule has 13 aliphatic rings. The summed E-state index contributed by atoms with van der Waals surface area (Å²) in [4.78, 5) is 0. The average molecular weight is 1880 g/mol. The van der Waals surface area contributed by atoms with Gasteiger partial charge in [0.1, 0.15) is 113 Å². The van der Waals surface area contributed by atoms with E-state index in [2.05, 4.69) is 492 Å². The number of aromatic nitrogens is 12. The Morgan fingerprint density at radius 2 is 0.463 bits per heavy atom. The van der Waals surface area contributed by atoms with E-state index in [-0.39, 0.29) is 0 Å². The molecule has 1 aliphatic carbocycles. The molecule has 674 valence electrons. The fourth-order valence-electron chi connectivity index (χ4n) is 31.3. The number of hydrogen-bond acceptors (Lipinski definition) is 4. The Morgan fingerprint density at radius 1 is 0.170 bits per heavy atom. The van der Waals surface area contributed by atoms with E-state index in [1.54, 1.807) is 0 Å². The van der Waals surface area contributed by atoms with E-state index in [1.165, 1.54) is 198 Å². The van der Waals surface area contributed by atoms with E-state index in [0.29, 0.717) is 0 Å². The summed E-state index contributed by atoms with van der Waals surface area (Å²) in [5.74, 6) is 10.5. The predicted molar refractivity (Wildman–Crippen MR) is 564 cm³/mol. The number of hydrogen-bond donors (Lipinski definition) is 0. The van der Waals surface area contributed by atoms with Crippen LogP contribution >= 0.6 is 0 Å². The number of pyridine rings is 6. The molecule has 16 nitrogen and oxygen atoms in total. The Labute approximate surface area is 834 Å². The van der Waals surface area contributed by atoms with Crippen molar-refractivity contribution in [2.24, 2.45) is 0 Å². The molecule has 0 amide bonds. The third-order valence-electron chi connectivity index (χ3n) is 35.8. The van der Waals surface area contributed by atoms with Crippen LogP contribution in [0.4, 0.5) is 0 Å². The van der Waals surface area contributed by atoms with Crippen molar-refractivity contribution in [1.29, 1.82) is 0 Å². The van der Waals surface area contributed by atoms with Crippen LogP contribution in [0.2, 0.25) is 0 Å². The quantitative estimate of drug-likeness (QED) is 0.161. The molecule has 12 aromatic heterocycles. The van der Waals surface area contributed by atoms with Crippen LogP contribution in [0.1, 0.15) is 77.9 Å². The second-order valence-corrected chi connectivity index (χ2v) is 41.5. The fourth-order valence-corrected chi connectivity index (χ4v) is 31.3. The molecule has 0 radical (unpaired) electrons. The molecule has 41 rings (SSSR count). The van der Waals surface area contributed by atoms with Crippen LogP contribution in [-0.4, -0.2) is 27.4 Å². The van der Waals surface area contributed by atoms with E-state index < -0.39 is 27.8 Å². The summed E-state index contributed by atoms with van der Waals surface area (Å²) < 4.78 is 57.8. The molecule has 0 fully saturated rings. The van der Waals surface area contributed by atoms with Gasteiger partial charge >= 0.3 is 22.8 Å². The summed E-state index contributed by atoms with van der Waals surface area (Å²) in [7, 11) is 0. The molecule has 28 aromatic rings. The SMILES string of the molecule is c1cc2c3c(c1)-n1c4ccccc4c4ccc[n+](c41)C31c3c(ccc4c5cccc6c5n(c34)-c3c(ccc[n+]31)O6)O2.c1ccc(C2(c3ccccc3)c3ccc[n+]4c3-n3c5c2cccc5c2ccc5c(c23)C42c3c(cccc3-n3c4ccccc4c4ccc[n+]2c43)O5)cc1.c1ccc2c(c1)-c1ccccc1C21c2ccc[n+]3c2-n2c4c1cccc4c1ccc4c(c12)C31c2c(cccc2-n2c3ccccc3c3ccc[n+]1c32)O4. The highest BCUT2D eigenvalue weighted by atomic mass is 16.5. The maximum absolute atomic E-state index is 7.07. The van der Waals surface area contributed by atoms with E-state index >= 15 is 0 Å². The summed E-state index contributed by atoms with van der Waals surface area (Å²) in [5, 5.41) is 14.8. The van der Waals surface area contributed by atoms with Crippen molar-refractivity contribution >= 4 is 131 Å². The van der Waals surface area contributed by atoms with E-state index in [9.17, 15) is 0 Å². The van der Waals surface area contributed by atoms with Gasteiger partial charge in [-0.15, -0.1) is 0 Å². The molecular weight excluding hydrogens is 1810 g/mol. The van der Waals surface area contributed by atoms with Gasteiger partial charge in [0.05, 0.1) is 75.3 Å². The summed E-state index contributed by atoms with van der Waals surface area (Å²) in [5.41, 5.74) is 34.3. The van der Waals surface area contributed by atoms with Gasteiger partial charge in [-0.05, 0) is 240 Å². The number of nitrogens with zero attached hydrogens (tertiary/aromatic N) is 12. The molecule has 0 saturated carbocycles. The summed E-state index contributed by atoms with van der Waals surface area (Å²) in [6.07, 6.45) is 13.7. The first-order valence-electron chi connectivity index (χ1n) is 50.8. The Kier molecular flexibility index (Phi) is 12.4. The van der Waals surface area contributed by atoms with Gasteiger partial charge in [0, 0.05) is 59.6 Å². The summed E-state index contributed by atoms with van der Waals surface area (Å²) in [6, 6.07) is 147. The van der Waals surface area contributed by atoms with Crippen molar-refractivity contribution in [3.05, 3.63) is 515 Å². The lowest BCUT2D eigenvalue weighted by Crippen LogP contribution is -2.79. The van der Waals surface area contributed by atoms with E-state index in [1.807, 2.05) is 0 Å². The zero-order chi connectivity index (χ0) is 94.3. The first-order valence-corrected chi connectivity index (χ1v) is 50.8. The largest absolute Gasteiger partial charge is 0.456 e. The maximum Gasteiger partial charge on any atom is 0.335 e. The second-order valence-electron chi connectivity index (χ2n) is 41.5. The van der Waals surface area contributed by atoms with Gasteiger partial charge in [0.25, 0.3) is 28.6 Å². The van der Waals surface area contributed by atoms with Gasteiger partial charge in [-0.2, -0.15) is 54.8 Å². The van der Waals surface area contributed by atoms with Gasteiger partial charge in [-0.25, -0.2) is 0 Å². The minimum Gasteiger partial charge on any atom is -0.456 e. The lowest BCUT2D eigenvalue weighted by atomic mass is 9.63. The van der Waals surface area contributed by atoms with Gasteiger partial charge < -0.3 is 18.9 Å². The summed E-state index contributed by atoms with van der Waals surface area (Å²) in [6.45, 7) is 0. The Morgan fingerprint density at radius 3 is 0.912 bits per heavy atom. The topological polar surface area (TPSA) is 89.8 Å². The first-order chi connectivity index (χ1) is 73.0. The van der Waals surface area contributed by atoms with Crippen LogP contribution in [0.5, 0.6) is 46.0 Å². The normalized spacial score (nSPS) is 17.7.